The van der Waals surface area contributed by atoms with Gasteiger partial charge >= 0.3 is 5.56 Å². The topological polar surface area (TPSA) is 55.0 Å². The number of ether oxygens (including phenoxy) is 1. The number of hydrogen-bond acceptors (Lipinski definition) is 3. The maximum atomic E-state index is 11.1. The van der Waals surface area contributed by atoms with Gasteiger partial charge in [0.15, 0.2) is 0 Å². The SMILES string of the molecule is CC(C)(C)Oc1ncc[nH]c1=O. The number of H-pyrrole nitrogens is 1. The summed E-state index contributed by atoms with van der Waals surface area (Å²) in [6.45, 7) is 5.59. The number of rotatable bonds is 1. The Morgan fingerprint density at radius 2 is 2.17 bits per heavy atom. The van der Waals surface area contributed by atoms with Crippen LogP contribution in [0.4, 0.5) is 0 Å². The van der Waals surface area contributed by atoms with E-state index < -0.39 is 0 Å². The molecule has 1 aromatic heterocycles. The quantitative estimate of drug-likeness (QED) is 0.679. The summed E-state index contributed by atoms with van der Waals surface area (Å²) in [7, 11) is 0. The number of nitrogens with zero attached hydrogens (tertiary/aromatic N) is 1. The van der Waals surface area contributed by atoms with Crippen molar-refractivity contribution >= 4 is 0 Å². The average Bonchev–Trinajstić information content (AvgIpc) is 1.91. The fourth-order valence-electron chi connectivity index (χ4n) is 0.701. The second kappa shape index (κ2) is 2.97. The van der Waals surface area contributed by atoms with E-state index in [1.54, 1.807) is 0 Å². The minimum atomic E-state index is -0.388. The normalized spacial score (nSPS) is 11.2. The van der Waals surface area contributed by atoms with Crippen molar-refractivity contribution in [2.24, 2.45) is 0 Å². The summed E-state index contributed by atoms with van der Waals surface area (Å²) in [4.78, 5) is 17.3. The highest BCUT2D eigenvalue weighted by molar-refractivity contribution is 5.03. The van der Waals surface area contributed by atoms with Crippen molar-refractivity contribution in [1.82, 2.24) is 9.97 Å². The first-order valence-corrected chi connectivity index (χ1v) is 3.72. The van der Waals surface area contributed by atoms with Crippen LogP contribution in [0.5, 0.6) is 5.88 Å². The van der Waals surface area contributed by atoms with Crippen LogP contribution in [0.25, 0.3) is 0 Å². The second-order valence-corrected chi connectivity index (χ2v) is 3.44. The van der Waals surface area contributed by atoms with E-state index in [1.165, 1.54) is 12.4 Å². The number of aromatic nitrogens is 2. The fraction of sp³-hybridized carbons (Fsp3) is 0.500. The van der Waals surface area contributed by atoms with E-state index in [0.29, 0.717) is 0 Å². The Morgan fingerprint density at radius 3 is 2.67 bits per heavy atom. The Balaban J connectivity index is 2.91. The maximum absolute atomic E-state index is 11.1. The molecule has 0 unspecified atom stereocenters. The van der Waals surface area contributed by atoms with Crippen LogP contribution < -0.4 is 10.3 Å². The van der Waals surface area contributed by atoms with Crippen LogP contribution in [0.2, 0.25) is 0 Å². The van der Waals surface area contributed by atoms with E-state index in [9.17, 15) is 4.79 Å². The van der Waals surface area contributed by atoms with Crippen LogP contribution in [-0.2, 0) is 0 Å². The largest absolute Gasteiger partial charge is 0.468 e. The van der Waals surface area contributed by atoms with Gasteiger partial charge in [0.25, 0.3) is 5.88 Å². The highest BCUT2D eigenvalue weighted by atomic mass is 16.5. The molecule has 0 aliphatic rings. The van der Waals surface area contributed by atoms with Gasteiger partial charge in [-0.15, -0.1) is 0 Å². The molecule has 0 saturated heterocycles. The molecule has 1 N–H and O–H groups in total. The molecule has 1 aromatic rings. The highest BCUT2D eigenvalue weighted by Gasteiger charge is 2.14. The predicted octanol–water partition coefficient (Wildman–Crippen LogP) is 0.947. The van der Waals surface area contributed by atoms with E-state index in [0.717, 1.165) is 0 Å². The Morgan fingerprint density at radius 1 is 1.50 bits per heavy atom. The zero-order valence-electron chi connectivity index (χ0n) is 7.42. The molecule has 0 atom stereocenters. The van der Waals surface area contributed by atoms with Gasteiger partial charge in [0.2, 0.25) is 0 Å². The molecule has 0 aliphatic heterocycles. The number of hydrogen-bond donors (Lipinski definition) is 1. The maximum Gasteiger partial charge on any atom is 0.310 e. The van der Waals surface area contributed by atoms with Crippen LogP contribution in [0.1, 0.15) is 20.8 Å². The van der Waals surface area contributed by atoms with E-state index in [4.69, 9.17) is 4.74 Å². The first kappa shape index (κ1) is 8.77. The zero-order valence-corrected chi connectivity index (χ0v) is 7.42. The summed E-state index contributed by atoms with van der Waals surface area (Å²) >= 11 is 0. The second-order valence-electron chi connectivity index (χ2n) is 3.44. The minimum absolute atomic E-state index is 0.116. The zero-order chi connectivity index (χ0) is 9.19. The van der Waals surface area contributed by atoms with Crippen molar-refractivity contribution < 1.29 is 4.74 Å². The Hall–Kier alpha value is -1.32. The lowest BCUT2D eigenvalue weighted by Crippen LogP contribution is -2.27. The lowest BCUT2D eigenvalue weighted by molar-refractivity contribution is 0.121. The summed E-state index contributed by atoms with van der Waals surface area (Å²) in [6, 6.07) is 0. The molecule has 0 spiro atoms. The summed E-state index contributed by atoms with van der Waals surface area (Å²) in [5, 5.41) is 0. The molecule has 12 heavy (non-hydrogen) atoms. The van der Waals surface area contributed by atoms with Gasteiger partial charge < -0.3 is 9.72 Å². The van der Waals surface area contributed by atoms with Crippen molar-refractivity contribution in [3.8, 4) is 5.88 Å². The van der Waals surface area contributed by atoms with Crippen LogP contribution in [0.3, 0.4) is 0 Å². The molecule has 0 fully saturated rings. The van der Waals surface area contributed by atoms with E-state index >= 15 is 0 Å². The first-order valence-electron chi connectivity index (χ1n) is 3.72. The van der Waals surface area contributed by atoms with Crippen LogP contribution in [0.15, 0.2) is 17.2 Å². The molecule has 0 aliphatic carbocycles. The fourth-order valence-corrected chi connectivity index (χ4v) is 0.701. The molecule has 4 nitrogen and oxygen atoms in total. The third-order valence-electron chi connectivity index (χ3n) is 1.08. The van der Waals surface area contributed by atoms with Gasteiger partial charge in [-0.1, -0.05) is 0 Å². The van der Waals surface area contributed by atoms with Crippen LogP contribution in [0, 0.1) is 0 Å². The summed E-state index contributed by atoms with van der Waals surface area (Å²) in [6.07, 6.45) is 2.96. The molecule has 1 heterocycles. The third-order valence-corrected chi connectivity index (χ3v) is 1.08. The monoisotopic (exact) mass is 168 g/mol. The van der Waals surface area contributed by atoms with Crippen molar-refractivity contribution in [3.63, 3.8) is 0 Å². The van der Waals surface area contributed by atoms with Crippen LogP contribution >= 0.6 is 0 Å². The van der Waals surface area contributed by atoms with Crippen LogP contribution in [-0.4, -0.2) is 15.6 Å². The Labute approximate surface area is 70.6 Å². The van der Waals surface area contributed by atoms with E-state index in [2.05, 4.69) is 9.97 Å². The van der Waals surface area contributed by atoms with Gasteiger partial charge in [0.1, 0.15) is 5.60 Å². The van der Waals surface area contributed by atoms with Crippen molar-refractivity contribution in [2.45, 2.75) is 26.4 Å². The molecule has 0 radical (unpaired) electrons. The van der Waals surface area contributed by atoms with E-state index in [1.807, 2.05) is 20.8 Å². The average molecular weight is 168 g/mol. The molecule has 0 amide bonds. The van der Waals surface area contributed by atoms with Crippen molar-refractivity contribution in [2.75, 3.05) is 0 Å². The van der Waals surface area contributed by atoms with Gasteiger partial charge in [-0.3, -0.25) is 4.79 Å². The molecular weight excluding hydrogens is 156 g/mol. The molecule has 66 valence electrons. The molecule has 1 rings (SSSR count). The summed E-state index contributed by atoms with van der Waals surface area (Å²) in [5.41, 5.74) is -0.686. The standard InChI is InChI=1S/C8H12N2O2/c1-8(2,3)12-7-6(11)9-4-5-10-7/h4-5H,1-3H3,(H,9,11). The first-order chi connectivity index (χ1) is 5.49. The summed E-state index contributed by atoms with van der Waals surface area (Å²) < 4.78 is 5.28. The van der Waals surface area contributed by atoms with E-state index in [-0.39, 0.29) is 17.0 Å². The van der Waals surface area contributed by atoms with Gasteiger partial charge in [0.05, 0.1) is 0 Å². The van der Waals surface area contributed by atoms with Gasteiger partial charge in [-0.25, -0.2) is 4.98 Å². The Kier molecular flexibility index (Phi) is 2.17. The molecule has 0 saturated carbocycles. The highest BCUT2D eigenvalue weighted by Crippen LogP contribution is 2.08. The van der Waals surface area contributed by atoms with Crippen molar-refractivity contribution in [3.05, 3.63) is 22.7 Å². The number of nitrogens with one attached hydrogen (secondary N) is 1. The van der Waals surface area contributed by atoms with Crippen molar-refractivity contribution in [1.29, 1.82) is 0 Å². The lowest BCUT2D eigenvalue weighted by Gasteiger charge is -2.18. The van der Waals surface area contributed by atoms with Gasteiger partial charge in [-0.05, 0) is 20.8 Å². The summed E-state index contributed by atoms with van der Waals surface area (Å²) in [5.74, 6) is 0.116. The lowest BCUT2D eigenvalue weighted by atomic mass is 10.2. The molecule has 0 aromatic carbocycles. The molecule has 0 bridgehead atoms. The predicted molar refractivity (Wildman–Crippen MR) is 45.2 cm³/mol. The number of aromatic amines is 1. The third kappa shape index (κ3) is 2.38. The smallest absolute Gasteiger partial charge is 0.310 e. The Bertz CT molecular complexity index is 311. The molecular formula is C8H12N2O2. The molecule has 4 heteroatoms. The minimum Gasteiger partial charge on any atom is -0.468 e. The van der Waals surface area contributed by atoms with Gasteiger partial charge in [-0.2, -0.15) is 0 Å². The van der Waals surface area contributed by atoms with Gasteiger partial charge in [0, 0.05) is 12.4 Å².